The van der Waals surface area contributed by atoms with Crippen LogP contribution in [0.5, 0.6) is 0 Å². The fourth-order valence-electron chi connectivity index (χ4n) is 3.27. The number of piperidine rings is 1. The normalized spacial score (nSPS) is 16.8. The topological polar surface area (TPSA) is 88.3 Å². The van der Waals surface area contributed by atoms with Crippen molar-refractivity contribution in [2.75, 3.05) is 13.1 Å². The molecule has 0 radical (unpaired) electrons. The van der Waals surface area contributed by atoms with Gasteiger partial charge in [0.2, 0.25) is 23.5 Å². The molecule has 0 saturated carbocycles. The average Bonchev–Trinajstić information content (AvgIpc) is 3.17. The number of benzene rings is 1. The van der Waals surface area contributed by atoms with E-state index >= 15 is 0 Å². The van der Waals surface area contributed by atoms with Gasteiger partial charge in [-0.05, 0) is 43.5 Å². The zero-order valence-corrected chi connectivity index (χ0v) is 16.7. The second-order valence-corrected chi connectivity index (χ2v) is 7.41. The van der Waals surface area contributed by atoms with E-state index in [2.05, 4.69) is 15.5 Å². The van der Waals surface area contributed by atoms with Crippen molar-refractivity contribution in [2.24, 2.45) is 0 Å². The van der Waals surface area contributed by atoms with Gasteiger partial charge in [0, 0.05) is 49.0 Å². The molecule has 2 aromatic rings. The average molecular weight is 405 g/mol. The minimum Gasteiger partial charge on any atom is -0.352 e. The summed E-state index contributed by atoms with van der Waals surface area (Å²) in [5.74, 6) is 1.17. The second kappa shape index (κ2) is 9.68. The molecule has 0 spiro atoms. The molecule has 1 atom stereocenters. The number of hydrogen-bond acceptors (Lipinski definition) is 5. The molecule has 1 aromatic carbocycles. The molecule has 0 bridgehead atoms. The summed E-state index contributed by atoms with van der Waals surface area (Å²) < 4.78 is 5.28. The van der Waals surface area contributed by atoms with Crippen molar-refractivity contribution in [1.82, 2.24) is 20.4 Å². The Balaban J connectivity index is 1.45. The Morgan fingerprint density at radius 2 is 2.11 bits per heavy atom. The predicted molar refractivity (Wildman–Crippen MR) is 106 cm³/mol. The Morgan fingerprint density at radius 1 is 1.32 bits per heavy atom. The third kappa shape index (κ3) is 5.55. The van der Waals surface area contributed by atoms with Gasteiger partial charge in [-0.25, -0.2) is 0 Å². The van der Waals surface area contributed by atoms with Crippen LogP contribution in [-0.4, -0.2) is 46.0 Å². The summed E-state index contributed by atoms with van der Waals surface area (Å²) in [4.78, 5) is 30.3. The maximum absolute atomic E-state index is 12.5. The lowest BCUT2D eigenvalue weighted by atomic mass is 10.0. The van der Waals surface area contributed by atoms with Crippen LogP contribution in [0.1, 0.15) is 44.9 Å². The number of hydrogen-bond donors (Lipinski definition) is 1. The highest BCUT2D eigenvalue weighted by Gasteiger charge is 2.24. The minimum atomic E-state index is 0.0344. The standard InChI is InChI=1S/C20H25ClN4O3/c1-2-17(26)22-16-5-4-12-25(13-16)19(27)7-3-6-18-23-20(24-28-18)14-8-10-15(21)11-9-14/h8-11,16H,2-7,12-13H2,1H3,(H,22,26). The van der Waals surface area contributed by atoms with Crippen LogP contribution in [0.15, 0.2) is 28.8 Å². The lowest BCUT2D eigenvalue weighted by Gasteiger charge is -2.33. The molecule has 1 saturated heterocycles. The molecule has 1 aliphatic heterocycles. The summed E-state index contributed by atoms with van der Waals surface area (Å²) in [6.45, 7) is 3.17. The Kier molecular flexibility index (Phi) is 7.03. The number of rotatable bonds is 7. The summed E-state index contributed by atoms with van der Waals surface area (Å²) >= 11 is 5.89. The number of carbonyl (C=O) groups excluding carboxylic acids is 2. The van der Waals surface area contributed by atoms with E-state index in [1.54, 1.807) is 12.1 Å². The van der Waals surface area contributed by atoms with E-state index in [-0.39, 0.29) is 17.9 Å². The van der Waals surface area contributed by atoms with Crippen molar-refractivity contribution in [3.63, 3.8) is 0 Å². The third-order valence-corrected chi connectivity index (χ3v) is 5.06. The van der Waals surface area contributed by atoms with E-state index in [0.717, 1.165) is 24.9 Å². The van der Waals surface area contributed by atoms with E-state index < -0.39 is 0 Å². The lowest BCUT2D eigenvalue weighted by molar-refractivity contribution is -0.133. The number of likely N-dealkylation sites (tertiary alicyclic amines) is 1. The molecule has 7 nitrogen and oxygen atoms in total. The molecule has 2 heterocycles. The smallest absolute Gasteiger partial charge is 0.226 e. The van der Waals surface area contributed by atoms with Gasteiger partial charge in [-0.1, -0.05) is 23.7 Å². The fraction of sp³-hybridized carbons (Fsp3) is 0.500. The van der Waals surface area contributed by atoms with Crippen LogP contribution in [0, 0.1) is 0 Å². The van der Waals surface area contributed by atoms with Gasteiger partial charge < -0.3 is 14.7 Å². The van der Waals surface area contributed by atoms with Gasteiger partial charge in [0.1, 0.15) is 0 Å². The number of carbonyl (C=O) groups is 2. The fourth-order valence-corrected chi connectivity index (χ4v) is 3.40. The first-order chi connectivity index (χ1) is 13.5. The largest absolute Gasteiger partial charge is 0.352 e. The molecule has 3 rings (SSSR count). The molecule has 150 valence electrons. The first kappa shape index (κ1) is 20.3. The number of nitrogens with one attached hydrogen (secondary N) is 1. The highest BCUT2D eigenvalue weighted by molar-refractivity contribution is 6.30. The molecule has 1 aromatic heterocycles. The highest BCUT2D eigenvalue weighted by Crippen LogP contribution is 2.19. The number of amides is 2. The molecule has 8 heteroatoms. The Bertz CT molecular complexity index is 806. The summed E-state index contributed by atoms with van der Waals surface area (Å²) in [5.41, 5.74) is 0.837. The van der Waals surface area contributed by atoms with Crippen LogP contribution in [0.25, 0.3) is 11.4 Å². The maximum atomic E-state index is 12.5. The number of nitrogens with zero attached hydrogens (tertiary/aromatic N) is 3. The SMILES string of the molecule is CCC(=O)NC1CCCN(C(=O)CCCc2nc(-c3ccc(Cl)cc3)no2)C1. The maximum Gasteiger partial charge on any atom is 0.226 e. The first-order valence-electron chi connectivity index (χ1n) is 9.71. The zero-order chi connectivity index (χ0) is 19.9. The van der Waals surface area contributed by atoms with Gasteiger partial charge in [0.25, 0.3) is 0 Å². The summed E-state index contributed by atoms with van der Waals surface area (Å²) in [6, 6.07) is 7.29. The molecule has 0 aliphatic carbocycles. The minimum absolute atomic E-state index is 0.0344. The quantitative estimate of drug-likeness (QED) is 0.765. The van der Waals surface area contributed by atoms with E-state index in [0.29, 0.717) is 49.0 Å². The van der Waals surface area contributed by atoms with E-state index in [4.69, 9.17) is 16.1 Å². The Morgan fingerprint density at radius 3 is 2.86 bits per heavy atom. The molecule has 2 amide bonds. The van der Waals surface area contributed by atoms with Crippen molar-refractivity contribution >= 4 is 23.4 Å². The summed E-state index contributed by atoms with van der Waals surface area (Å²) in [7, 11) is 0. The van der Waals surface area contributed by atoms with Gasteiger partial charge in [-0.15, -0.1) is 0 Å². The molecular formula is C20H25ClN4O3. The van der Waals surface area contributed by atoms with Crippen LogP contribution in [0.3, 0.4) is 0 Å². The van der Waals surface area contributed by atoms with Crippen LogP contribution in [0.2, 0.25) is 5.02 Å². The van der Waals surface area contributed by atoms with Crippen LogP contribution in [-0.2, 0) is 16.0 Å². The van der Waals surface area contributed by atoms with Crippen molar-refractivity contribution < 1.29 is 14.1 Å². The monoisotopic (exact) mass is 404 g/mol. The van der Waals surface area contributed by atoms with E-state index in [9.17, 15) is 9.59 Å². The van der Waals surface area contributed by atoms with Crippen LogP contribution in [0.4, 0.5) is 0 Å². The molecule has 1 unspecified atom stereocenters. The Hall–Kier alpha value is -2.41. The second-order valence-electron chi connectivity index (χ2n) is 6.97. The lowest BCUT2D eigenvalue weighted by Crippen LogP contribution is -2.49. The first-order valence-corrected chi connectivity index (χ1v) is 10.1. The van der Waals surface area contributed by atoms with Gasteiger partial charge >= 0.3 is 0 Å². The number of halogens is 1. The third-order valence-electron chi connectivity index (χ3n) is 4.81. The summed E-state index contributed by atoms with van der Waals surface area (Å²) in [6.07, 6.45) is 3.92. The zero-order valence-electron chi connectivity index (χ0n) is 16.0. The van der Waals surface area contributed by atoms with Gasteiger partial charge in [-0.3, -0.25) is 9.59 Å². The van der Waals surface area contributed by atoms with Gasteiger partial charge in [0.05, 0.1) is 0 Å². The highest BCUT2D eigenvalue weighted by atomic mass is 35.5. The molecule has 1 fully saturated rings. The van der Waals surface area contributed by atoms with Crippen molar-refractivity contribution in [2.45, 2.75) is 51.5 Å². The van der Waals surface area contributed by atoms with Crippen molar-refractivity contribution in [3.8, 4) is 11.4 Å². The van der Waals surface area contributed by atoms with Crippen molar-refractivity contribution in [3.05, 3.63) is 35.2 Å². The molecule has 1 N–H and O–H groups in total. The number of aryl methyl sites for hydroxylation is 1. The predicted octanol–water partition coefficient (Wildman–Crippen LogP) is 3.23. The van der Waals surface area contributed by atoms with E-state index in [1.165, 1.54) is 0 Å². The van der Waals surface area contributed by atoms with Gasteiger partial charge in [-0.2, -0.15) is 4.98 Å². The van der Waals surface area contributed by atoms with Crippen LogP contribution < -0.4 is 5.32 Å². The van der Waals surface area contributed by atoms with Crippen molar-refractivity contribution in [1.29, 1.82) is 0 Å². The van der Waals surface area contributed by atoms with Crippen LogP contribution >= 0.6 is 11.6 Å². The number of aromatic nitrogens is 2. The molecule has 28 heavy (non-hydrogen) atoms. The molecule has 1 aliphatic rings. The Labute approximate surface area is 169 Å². The molecular weight excluding hydrogens is 380 g/mol. The van der Waals surface area contributed by atoms with Gasteiger partial charge in [0.15, 0.2) is 0 Å². The van der Waals surface area contributed by atoms with E-state index in [1.807, 2.05) is 24.0 Å². The summed E-state index contributed by atoms with van der Waals surface area (Å²) in [5, 5.41) is 7.62.